The number of amides is 2. The number of unbranched alkanes of at least 4 members (excludes halogenated alkanes) is 1. The van der Waals surface area contributed by atoms with Crippen LogP contribution in [0.2, 0.25) is 0 Å². The summed E-state index contributed by atoms with van der Waals surface area (Å²) in [6.07, 6.45) is 4.39. The van der Waals surface area contributed by atoms with Crippen molar-refractivity contribution in [3.63, 3.8) is 0 Å². The molecule has 1 unspecified atom stereocenters. The van der Waals surface area contributed by atoms with Gasteiger partial charge < -0.3 is 10.2 Å². The lowest BCUT2D eigenvalue weighted by Crippen LogP contribution is -2.43. The SMILES string of the molecule is O=C1CCC(CCCCN2CCNCC2)C(=O)N1. The van der Waals surface area contributed by atoms with Crippen molar-refractivity contribution in [3.05, 3.63) is 0 Å². The molecule has 2 fully saturated rings. The average Bonchev–Trinajstić information content (AvgIpc) is 2.38. The molecule has 1 atom stereocenters. The maximum atomic E-state index is 11.5. The molecule has 2 amide bonds. The number of piperidine rings is 1. The molecule has 0 saturated carbocycles. The van der Waals surface area contributed by atoms with Crippen LogP contribution in [-0.4, -0.2) is 49.4 Å². The number of imide groups is 1. The minimum atomic E-state index is -0.114. The summed E-state index contributed by atoms with van der Waals surface area (Å²) in [4.78, 5) is 25.0. The van der Waals surface area contributed by atoms with Crippen LogP contribution in [0, 0.1) is 5.92 Å². The van der Waals surface area contributed by atoms with Crippen LogP contribution in [-0.2, 0) is 9.59 Å². The normalized spacial score (nSPS) is 26.1. The largest absolute Gasteiger partial charge is 0.314 e. The Morgan fingerprint density at radius 1 is 1.17 bits per heavy atom. The first-order chi connectivity index (χ1) is 8.75. The fourth-order valence-corrected chi connectivity index (χ4v) is 2.67. The molecular formula is C13H23N3O2. The smallest absolute Gasteiger partial charge is 0.229 e. The van der Waals surface area contributed by atoms with E-state index >= 15 is 0 Å². The van der Waals surface area contributed by atoms with E-state index in [1.165, 1.54) is 0 Å². The van der Waals surface area contributed by atoms with Crippen LogP contribution >= 0.6 is 0 Å². The first-order valence-electron chi connectivity index (χ1n) is 7.02. The predicted molar refractivity (Wildman–Crippen MR) is 69.0 cm³/mol. The Kier molecular flexibility index (Phi) is 5.13. The van der Waals surface area contributed by atoms with Crippen LogP contribution in [0.3, 0.4) is 0 Å². The molecule has 0 spiro atoms. The molecule has 2 saturated heterocycles. The van der Waals surface area contributed by atoms with E-state index < -0.39 is 0 Å². The molecule has 0 aromatic heterocycles. The number of nitrogens with one attached hydrogen (secondary N) is 2. The monoisotopic (exact) mass is 253 g/mol. The standard InChI is InChI=1S/C13H23N3O2/c17-12-5-4-11(13(18)15-12)3-1-2-8-16-9-6-14-7-10-16/h11,14H,1-10H2,(H,15,17,18). The van der Waals surface area contributed by atoms with Gasteiger partial charge in [0.25, 0.3) is 0 Å². The van der Waals surface area contributed by atoms with Gasteiger partial charge in [-0.1, -0.05) is 6.42 Å². The van der Waals surface area contributed by atoms with Gasteiger partial charge in [0.05, 0.1) is 0 Å². The molecule has 5 heteroatoms. The second-order valence-corrected chi connectivity index (χ2v) is 5.24. The lowest BCUT2D eigenvalue weighted by Gasteiger charge is -2.27. The second-order valence-electron chi connectivity index (χ2n) is 5.24. The maximum Gasteiger partial charge on any atom is 0.229 e. The Bertz CT molecular complexity index is 301. The summed E-state index contributed by atoms with van der Waals surface area (Å²) >= 11 is 0. The fraction of sp³-hybridized carbons (Fsp3) is 0.846. The Morgan fingerprint density at radius 2 is 1.94 bits per heavy atom. The van der Waals surface area contributed by atoms with E-state index in [2.05, 4.69) is 15.5 Å². The minimum absolute atomic E-state index is 0.0609. The van der Waals surface area contributed by atoms with Gasteiger partial charge in [-0.3, -0.25) is 14.9 Å². The summed E-state index contributed by atoms with van der Waals surface area (Å²) in [7, 11) is 0. The minimum Gasteiger partial charge on any atom is -0.314 e. The number of hydrogen-bond donors (Lipinski definition) is 2. The number of hydrogen-bond acceptors (Lipinski definition) is 4. The number of carbonyl (C=O) groups excluding carboxylic acids is 2. The van der Waals surface area contributed by atoms with Crippen molar-refractivity contribution in [1.82, 2.24) is 15.5 Å². The third kappa shape index (κ3) is 4.07. The van der Waals surface area contributed by atoms with E-state index in [-0.39, 0.29) is 17.7 Å². The van der Waals surface area contributed by atoms with Crippen molar-refractivity contribution < 1.29 is 9.59 Å². The van der Waals surface area contributed by atoms with Crippen molar-refractivity contribution in [3.8, 4) is 0 Å². The maximum absolute atomic E-state index is 11.5. The van der Waals surface area contributed by atoms with Crippen LogP contribution in [0.5, 0.6) is 0 Å². The summed E-state index contributed by atoms with van der Waals surface area (Å²) in [6.45, 7) is 5.59. The number of piperazine rings is 1. The van der Waals surface area contributed by atoms with E-state index in [4.69, 9.17) is 0 Å². The van der Waals surface area contributed by atoms with E-state index in [9.17, 15) is 9.59 Å². The fourth-order valence-electron chi connectivity index (χ4n) is 2.67. The molecule has 2 heterocycles. The first-order valence-corrected chi connectivity index (χ1v) is 7.02. The number of nitrogens with zero attached hydrogens (tertiary/aromatic N) is 1. The molecule has 0 aliphatic carbocycles. The molecule has 0 aromatic rings. The van der Waals surface area contributed by atoms with Gasteiger partial charge >= 0.3 is 0 Å². The summed E-state index contributed by atoms with van der Waals surface area (Å²) < 4.78 is 0. The highest BCUT2D eigenvalue weighted by Crippen LogP contribution is 2.18. The van der Waals surface area contributed by atoms with Gasteiger partial charge in [0.1, 0.15) is 0 Å². The first kappa shape index (κ1) is 13.5. The van der Waals surface area contributed by atoms with Crippen LogP contribution in [0.15, 0.2) is 0 Å². The van der Waals surface area contributed by atoms with E-state index in [0.717, 1.165) is 58.4 Å². The second kappa shape index (κ2) is 6.85. The molecule has 102 valence electrons. The van der Waals surface area contributed by atoms with Crippen LogP contribution in [0.4, 0.5) is 0 Å². The molecule has 2 rings (SSSR count). The van der Waals surface area contributed by atoms with E-state index in [0.29, 0.717) is 6.42 Å². The van der Waals surface area contributed by atoms with Crippen LogP contribution in [0.1, 0.15) is 32.1 Å². The Morgan fingerprint density at radius 3 is 2.67 bits per heavy atom. The summed E-state index contributed by atoms with van der Waals surface area (Å²) in [5.41, 5.74) is 0. The predicted octanol–water partition coefficient (Wildman–Crippen LogP) is 0.115. The Hall–Kier alpha value is -0.940. The molecule has 18 heavy (non-hydrogen) atoms. The lowest BCUT2D eigenvalue weighted by atomic mass is 9.93. The summed E-state index contributed by atoms with van der Waals surface area (Å²) in [6, 6.07) is 0. The van der Waals surface area contributed by atoms with Gasteiger partial charge in [-0.05, 0) is 25.8 Å². The molecular weight excluding hydrogens is 230 g/mol. The Balaban J connectivity index is 1.57. The lowest BCUT2D eigenvalue weighted by molar-refractivity contribution is -0.136. The van der Waals surface area contributed by atoms with Gasteiger partial charge in [0.15, 0.2) is 0 Å². The van der Waals surface area contributed by atoms with Crippen molar-refractivity contribution >= 4 is 11.8 Å². The summed E-state index contributed by atoms with van der Waals surface area (Å²) in [5.74, 6) is -0.115. The zero-order chi connectivity index (χ0) is 12.8. The van der Waals surface area contributed by atoms with Crippen molar-refractivity contribution in [1.29, 1.82) is 0 Å². The van der Waals surface area contributed by atoms with Gasteiger partial charge in [-0.25, -0.2) is 0 Å². The molecule has 2 aliphatic rings. The van der Waals surface area contributed by atoms with Gasteiger partial charge in [0, 0.05) is 38.5 Å². The third-order valence-electron chi connectivity index (χ3n) is 3.84. The highest BCUT2D eigenvalue weighted by molar-refractivity contribution is 5.98. The molecule has 5 nitrogen and oxygen atoms in total. The van der Waals surface area contributed by atoms with Crippen LogP contribution < -0.4 is 10.6 Å². The quantitative estimate of drug-likeness (QED) is 0.539. The molecule has 0 bridgehead atoms. The zero-order valence-corrected chi connectivity index (χ0v) is 10.9. The Labute approximate surface area is 108 Å². The van der Waals surface area contributed by atoms with E-state index in [1.54, 1.807) is 0 Å². The van der Waals surface area contributed by atoms with Gasteiger partial charge in [-0.15, -0.1) is 0 Å². The molecule has 2 aliphatic heterocycles. The topological polar surface area (TPSA) is 61.4 Å². The molecule has 0 aromatic carbocycles. The zero-order valence-electron chi connectivity index (χ0n) is 10.9. The number of rotatable bonds is 5. The molecule has 2 N–H and O–H groups in total. The average molecular weight is 253 g/mol. The highest BCUT2D eigenvalue weighted by atomic mass is 16.2. The van der Waals surface area contributed by atoms with E-state index in [1.807, 2.05) is 0 Å². The van der Waals surface area contributed by atoms with Crippen molar-refractivity contribution in [2.45, 2.75) is 32.1 Å². The third-order valence-corrected chi connectivity index (χ3v) is 3.84. The number of carbonyl (C=O) groups is 2. The van der Waals surface area contributed by atoms with Gasteiger partial charge in [0.2, 0.25) is 11.8 Å². The molecule has 0 radical (unpaired) electrons. The summed E-state index contributed by atoms with van der Waals surface area (Å²) in [5, 5.41) is 5.76. The van der Waals surface area contributed by atoms with Crippen molar-refractivity contribution in [2.24, 2.45) is 5.92 Å². The van der Waals surface area contributed by atoms with Crippen LogP contribution in [0.25, 0.3) is 0 Å². The van der Waals surface area contributed by atoms with Crippen molar-refractivity contribution in [2.75, 3.05) is 32.7 Å². The highest BCUT2D eigenvalue weighted by Gasteiger charge is 2.25. The van der Waals surface area contributed by atoms with Gasteiger partial charge in [-0.2, -0.15) is 0 Å².